The van der Waals surface area contributed by atoms with E-state index in [4.69, 9.17) is 4.74 Å². The zero-order chi connectivity index (χ0) is 14.5. The second-order valence-corrected chi connectivity index (χ2v) is 4.36. The molecule has 5 heteroatoms. The minimum Gasteiger partial charge on any atom is -0.497 e. The van der Waals surface area contributed by atoms with Gasteiger partial charge in [0.15, 0.2) is 0 Å². The topological polar surface area (TPSA) is 71.5 Å². The van der Waals surface area contributed by atoms with E-state index < -0.39 is 5.97 Å². The minimum atomic E-state index is -0.979. The molecule has 2 aromatic rings. The molecular weight excluding hydrogens is 256 g/mol. The van der Waals surface area contributed by atoms with Gasteiger partial charge in [-0.05, 0) is 36.2 Å². The molecule has 0 saturated heterocycles. The number of ether oxygens (including phenoxy) is 1. The van der Waals surface area contributed by atoms with Gasteiger partial charge in [0.2, 0.25) is 0 Å². The zero-order valence-electron chi connectivity index (χ0n) is 11.4. The van der Waals surface area contributed by atoms with Crippen molar-refractivity contribution in [3.63, 3.8) is 0 Å². The molecule has 0 saturated carbocycles. The number of carboxylic acids is 1. The monoisotopic (exact) mass is 272 g/mol. The molecule has 0 aliphatic carbocycles. The lowest BCUT2D eigenvalue weighted by molar-refractivity contribution is 0.0697. The predicted molar refractivity (Wildman–Crippen MR) is 76.3 cm³/mol. The van der Waals surface area contributed by atoms with E-state index in [2.05, 4.69) is 10.3 Å². The summed E-state index contributed by atoms with van der Waals surface area (Å²) >= 11 is 0. The third-order valence-corrected chi connectivity index (χ3v) is 2.99. The first-order valence-corrected chi connectivity index (χ1v) is 6.17. The minimum absolute atomic E-state index is 0.209. The highest BCUT2D eigenvalue weighted by Gasteiger charge is 2.13. The average molecular weight is 272 g/mol. The number of pyridine rings is 1. The third-order valence-electron chi connectivity index (χ3n) is 2.99. The molecule has 0 unspecified atom stereocenters. The third kappa shape index (κ3) is 3.06. The van der Waals surface area contributed by atoms with Gasteiger partial charge >= 0.3 is 5.97 Å². The molecule has 0 spiro atoms. The molecule has 104 valence electrons. The Balaban J connectivity index is 2.14. The lowest BCUT2D eigenvalue weighted by Gasteiger charge is -2.10. The van der Waals surface area contributed by atoms with Gasteiger partial charge in [-0.3, -0.25) is 0 Å². The van der Waals surface area contributed by atoms with Crippen molar-refractivity contribution in [3.8, 4) is 5.75 Å². The van der Waals surface area contributed by atoms with Crippen molar-refractivity contribution in [2.24, 2.45) is 0 Å². The van der Waals surface area contributed by atoms with Crippen LogP contribution in [0.5, 0.6) is 5.75 Å². The number of carboxylic acid groups (broad SMARTS) is 1. The SMILES string of the molecule is COc1ccc(CNc2nccc(C)c2C(=O)O)cc1. The van der Waals surface area contributed by atoms with Crippen LogP contribution in [0.3, 0.4) is 0 Å². The van der Waals surface area contributed by atoms with Gasteiger partial charge in [0.05, 0.1) is 7.11 Å². The summed E-state index contributed by atoms with van der Waals surface area (Å²) in [6.45, 7) is 2.25. The van der Waals surface area contributed by atoms with Crippen LogP contribution in [0.4, 0.5) is 5.82 Å². The van der Waals surface area contributed by atoms with E-state index in [1.165, 1.54) is 0 Å². The molecule has 0 fully saturated rings. The highest BCUT2D eigenvalue weighted by atomic mass is 16.5. The summed E-state index contributed by atoms with van der Waals surface area (Å²) in [5.74, 6) is 0.190. The summed E-state index contributed by atoms with van der Waals surface area (Å²) in [4.78, 5) is 15.3. The molecule has 0 radical (unpaired) electrons. The number of hydrogen-bond donors (Lipinski definition) is 2. The molecule has 1 aromatic carbocycles. The van der Waals surface area contributed by atoms with Gasteiger partial charge in [-0.15, -0.1) is 0 Å². The number of carbonyl (C=O) groups is 1. The van der Waals surface area contributed by atoms with Crippen LogP contribution in [0.15, 0.2) is 36.5 Å². The summed E-state index contributed by atoms with van der Waals surface area (Å²) in [6.07, 6.45) is 1.60. The maximum Gasteiger partial charge on any atom is 0.339 e. The van der Waals surface area contributed by atoms with Crippen LogP contribution in [0, 0.1) is 6.92 Å². The smallest absolute Gasteiger partial charge is 0.339 e. The van der Waals surface area contributed by atoms with Gasteiger partial charge in [-0.25, -0.2) is 9.78 Å². The highest BCUT2D eigenvalue weighted by molar-refractivity contribution is 5.94. The molecule has 0 aliphatic rings. The Bertz CT molecular complexity index is 609. The van der Waals surface area contributed by atoms with E-state index >= 15 is 0 Å². The number of aryl methyl sites for hydroxylation is 1. The van der Waals surface area contributed by atoms with E-state index in [1.54, 1.807) is 26.3 Å². The van der Waals surface area contributed by atoms with Crippen molar-refractivity contribution in [3.05, 3.63) is 53.2 Å². The van der Waals surface area contributed by atoms with Gasteiger partial charge in [-0.2, -0.15) is 0 Å². The molecule has 0 bridgehead atoms. The van der Waals surface area contributed by atoms with Gasteiger partial charge < -0.3 is 15.2 Å². The summed E-state index contributed by atoms with van der Waals surface area (Å²) < 4.78 is 5.09. The molecular formula is C15H16N2O3. The number of rotatable bonds is 5. The Morgan fingerprint density at radius 3 is 2.60 bits per heavy atom. The Labute approximate surface area is 117 Å². The number of nitrogens with one attached hydrogen (secondary N) is 1. The largest absolute Gasteiger partial charge is 0.497 e. The van der Waals surface area contributed by atoms with Gasteiger partial charge in [0.1, 0.15) is 17.1 Å². The van der Waals surface area contributed by atoms with E-state index in [0.29, 0.717) is 17.9 Å². The fraction of sp³-hybridized carbons (Fsp3) is 0.200. The van der Waals surface area contributed by atoms with E-state index in [-0.39, 0.29) is 5.56 Å². The normalized spacial score (nSPS) is 10.1. The second-order valence-electron chi connectivity index (χ2n) is 4.36. The lowest BCUT2D eigenvalue weighted by Crippen LogP contribution is -2.10. The number of anilines is 1. The Morgan fingerprint density at radius 1 is 1.30 bits per heavy atom. The molecule has 5 nitrogen and oxygen atoms in total. The van der Waals surface area contributed by atoms with Crippen molar-refractivity contribution in [2.75, 3.05) is 12.4 Å². The van der Waals surface area contributed by atoms with E-state index in [9.17, 15) is 9.90 Å². The molecule has 0 aliphatic heterocycles. The molecule has 20 heavy (non-hydrogen) atoms. The molecule has 1 aromatic heterocycles. The van der Waals surface area contributed by atoms with Crippen LogP contribution < -0.4 is 10.1 Å². The lowest BCUT2D eigenvalue weighted by atomic mass is 10.1. The zero-order valence-corrected chi connectivity index (χ0v) is 11.4. The van der Waals surface area contributed by atoms with Crippen LogP contribution in [0.2, 0.25) is 0 Å². The number of aromatic nitrogens is 1. The van der Waals surface area contributed by atoms with Gasteiger partial charge in [0.25, 0.3) is 0 Å². The van der Waals surface area contributed by atoms with Crippen LogP contribution in [-0.4, -0.2) is 23.2 Å². The molecule has 2 N–H and O–H groups in total. The maximum absolute atomic E-state index is 11.2. The molecule has 0 amide bonds. The second kappa shape index (κ2) is 6.06. The van der Waals surface area contributed by atoms with Crippen molar-refractivity contribution in [1.29, 1.82) is 0 Å². The Kier molecular flexibility index (Phi) is 4.20. The average Bonchev–Trinajstić information content (AvgIpc) is 2.45. The molecule has 2 rings (SSSR count). The summed E-state index contributed by atoms with van der Waals surface area (Å²) in [7, 11) is 1.61. The number of methoxy groups -OCH3 is 1. The molecule has 1 heterocycles. The van der Waals surface area contributed by atoms with Crippen LogP contribution >= 0.6 is 0 Å². The summed E-state index contributed by atoms with van der Waals surface area (Å²) in [5, 5.41) is 12.3. The predicted octanol–water partition coefficient (Wildman–Crippen LogP) is 2.71. The Hall–Kier alpha value is -2.56. The molecule has 0 atom stereocenters. The van der Waals surface area contributed by atoms with E-state index in [0.717, 1.165) is 11.3 Å². The quantitative estimate of drug-likeness (QED) is 0.875. The number of hydrogen-bond acceptors (Lipinski definition) is 4. The number of nitrogens with zero attached hydrogens (tertiary/aromatic N) is 1. The van der Waals surface area contributed by atoms with Gasteiger partial charge in [0, 0.05) is 12.7 Å². The standard InChI is InChI=1S/C15H16N2O3/c1-10-7-8-16-14(13(10)15(18)19)17-9-11-3-5-12(20-2)6-4-11/h3-8H,9H2,1-2H3,(H,16,17)(H,18,19). The summed E-state index contributed by atoms with van der Waals surface area (Å²) in [6, 6.07) is 9.24. The van der Waals surface area contributed by atoms with Gasteiger partial charge in [-0.1, -0.05) is 12.1 Å². The van der Waals surface area contributed by atoms with Crippen molar-refractivity contribution in [2.45, 2.75) is 13.5 Å². The van der Waals surface area contributed by atoms with Crippen LogP contribution in [-0.2, 0) is 6.54 Å². The maximum atomic E-state index is 11.2. The highest BCUT2D eigenvalue weighted by Crippen LogP contribution is 2.18. The Morgan fingerprint density at radius 2 is 2.00 bits per heavy atom. The van der Waals surface area contributed by atoms with Crippen molar-refractivity contribution >= 4 is 11.8 Å². The van der Waals surface area contributed by atoms with E-state index in [1.807, 2.05) is 24.3 Å². The van der Waals surface area contributed by atoms with Crippen LogP contribution in [0.25, 0.3) is 0 Å². The number of benzene rings is 1. The fourth-order valence-electron chi connectivity index (χ4n) is 1.89. The van der Waals surface area contributed by atoms with Crippen molar-refractivity contribution in [1.82, 2.24) is 4.98 Å². The summed E-state index contributed by atoms with van der Waals surface area (Å²) in [5.41, 5.74) is 1.91. The first-order chi connectivity index (χ1) is 9.61. The first kappa shape index (κ1) is 13.9. The fourth-order valence-corrected chi connectivity index (χ4v) is 1.89. The van der Waals surface area contributed by atoms with Crippen LogP contribution in [0.1, 0.15) is 21.5 Å². The van der Waals surface area contributed by atoms with Crippen molar-refractivity contribution < 1.29 is 14.6 Å². The number of aromatic carboxylic acids is 1. The first-order valence-electron chi connectivity index (χ1n) is 6.17.